The third-order valence-corrected chi connectivity index (χ3v) is 3.47. The van der Waals surface area contributed by atoms with Crippen LogP contribution in [-0.2, 0) is 4.79 Å². The largest absolute Gasteiger partial charge is 0.504 e. The Bertz CT molecular complexity index is 791. The molecule has 7 heteroatoms. The van der Waals surface area contributed by atoms with Crippen LogP contribution in [0.5, 0.6) is 23.0 Å². The molecule has 0 fully saturated rings. The SMILES string of the molecule is CCOc1cc(/C=N/NC(=O)[C@@H]2COc3ccccc3O2)ccc1O. The highest BCUT2D eigenvalue weighted by Gasteiger charge is 2.26. The number of phenols is 1. The van der Waals surface area contributed by atoms with Gasteiger partial charge in [0, 0.05) is 0 Å². The average Bonchev–Trinajstić information content (AvgIpc) is 2.64. The molecule has 0 bridgehead atoms. The van der Waals surface area contributed by atoms with Gasteiger partial charge < -0.3 is 19.3 Å². The smallest absolute Gasteiger partial charge is 0.284 e. The number of hydrogen-bond acceptors (Lipinski definition) is 6. The number of rotatable bonds is 5. The van der Waals surface area contributed by atoms with E-state index < -0.39 is 12.0 Å². The van der Waals surface area contributed by atoms with Crippen molar-refractivity contribution < 1.29 is 24.1 Å². The zero-order valence-electron chi connectivity index (χ0n) is 13.6. The van der Waals surface area contributed by atoms with Gasteiger partial charge in [-0.15, -0.1) is 0 Å². The van der Waals surface area contributed by atoms with Crippen molar-refractivity contribution in [1.29, 1.82) is 0 Å². The van der Waals surface area contributed by atoms with E-state index in [1.807, 2.05) is 13.0 Å². The van der Waals surface area contributed by atoms with Gasteiger partial charge in [-0.05, 0) is 42.8 Å². The minimum absolute atomic E-state index is 0.0504. The molecule has 1 aliphatic heterocycles. The van der Waals surface area contributed by atoms with Gasteiger partial charge >= 0.3 is 0 Å². The molecule has 1 amide bonds. The molecule has 0 radical (unpaired) electrons. The Kier molecular flexibility index (Phi) is 5.03. The number of nitrogens with zero attached hydrogens (tertiary/aromatic N) is 1. The number of fused-ring (bicyclic) bond motifs is 1. The minimum atomic E-state index is -0.772. The lowest BCUT2D eigenvalue weighted by Gasteiger charge is -2.24. The number of nitrogens with one attached hydrogen (secondary N) is 1. The van der Waals surface area contributed by atoms with Gasteiger partial charge in [0.15, 0.2) is 23.0 Å². The van der Waals surface area contributed by atoms with Crippen LogP contribution in [0.3, 0.4) is 0 Å². The van der Waals surface area contributed by atoms with E-state index in [2.05, 4.69) is 10.5 Å². The lowest BCUT2D eigenvalue weighted by atomic mass is 10.2. The normalized spacial score (nSPS) is 15.8. The third-order valence-electron chi connectivity index (χ3n) is 3.47. The predicted molar refractivity (Wildman–Crippen MR) is 91.4 cm³/mol. The second-order valence-electron chi connectivity index (χ2n) is 5.26. The Morgan fingerprint density at radius 2 is 2.16 bits per heavy atom. The highest BCUT2D eigenvalue weighted by atomic mass is 16.6. The maximum absolute atomic E-state index is 12.1. The highest BCUT2D eigenvalue weighted by molar-refractivity contribution is 5.85. The van der Waals surface area contributed by atoms with Crippen molar-refractivity contribution in [2.24, 2.45) is 5.10 Å². The first kappa shape index (κ1) is 16.6. The van der Waals surface area contributed by atoms with Crippen molar-refractivity contribution in [2.45, 2.75) is 13.0 Å². The molecule has 0 saturated carbocycles. The van der Waals surface area contributed by atoms with Gasteiger partial charge in [-0.2, -0.15) is 5.10 Å². The lowest BCUT2D eigenvalue weighted by molar-refractivity contribution is -0.130. The fraction of sp³-hybridized carbons (Fsp3) is 0.222. The predicted octanol–water partition coefficient (Wildman–Crippen LogP) is 2.08. The first-order valence-corrected chi connectivity index (χ1v) is 7.84. The van der Waals surface area contributed by atoms with Crippen molar-refractivity contribution in [3.05, 3.63) is 48.0 Å². The number of carbonyl (C=O) groups excluding carboxylic acids is 1. The standard InChI is InChI=1S/C18H18N2O5/c1-2-23-16-9-12(7-8-13(16)21)10-19-20-18(22)17-11-24-14-5-3-4-6-15(14)25-17/h3-10,17,21H,2,11H2,1H3,(H,20,22)/b19-10+/t17-/m0/s1. The van der Waals surface area contributed by atoms with E-state index in [9.17, 15) is 9.90 Å². The van der Waals surface area contributed by atoms with Crippen LogP contribution in [0.1, 0.15) is 12.5 Å². The molecule has 0 aliphatic carbocycles. The Morgan fingerprint density at radius 3 is 2.96 bits per heavy atom. The molecule has 1 atom stereocenters. The van der Waals surface area contributed by atoms with E-state index in [4.69, 9.17) is 14.2 Å². The number of phenolic OH excluding ortho intramolecular Hbond substituents is 1. The fourth-order valence-corrected chi connectivity index (χ4v) is 2.27. The van der Waals surface area contributed by atoms with E-state index in [0.29, 0.717) is 29.4 Å². The van der Waals surface area contributed by atoms with Crippen LogP contribution in [0, 0.1) is 0 Å². The number of hydrogen-bond donors (Lipinski definition) is 2. The Hall–Kier alpha value is -3.22. The van der Waals surface area contributed by atoms with E-state index in [1.54, 1.807) is 30.3 Å². The number of benzene rings is 2. The number of ether oxygens (including phenoxy) is 3. The quantitative estimate of drug-likeness (QED) is 0.641. The van der Waals surface area contributed by atoms with Crippen LogP contribution >= 0.6 is 0 Å². The van der Waals surface area contributed by atoms with E-state index in [-0.39, 0.29) is 12.4 Å². The summed E-state index contributed by atoms with van der Waals surface area (Å²) in [5, 5.41) is 13.6. The molecule has 7 nitrogen and oxygen atoms in total. The van der Waals surface area contributed by atoms with Crippen molar-refractivity contribution in [1.82, 2.24) is 5.43 Å². The zero-order valence-corrected chi connectivity index (χ0v) is 13.6. The summed E-state index contributed by atoms with van der Waals surface area (Å²) in [6.45, 7) is 2.38. The molecule has 2 N–H and O–H groups in total. The van der Waals surface area contributed by atoms with Gasteiger partial charge in [0.25, 0.3) is 5.91 Å². The minimum Gasteiger partial charge on any atom is -0.504 e. The molecule has 130 valence electrons. The monoisotopic (exact) mass is 342 g/mol. The molecule has 2 aromatic carbocycles. The van der Waals surface area contributed by atoms with Crippen molar-refractivity contribution in [3.63, 3.8) is 0 Å². The van der Waals surface area contributed by atoms with E-state index >= 15 is 0 Å². The van der Waals surface area contributed by atoms with Gasteiger partial charge in [-0.3, -0.25) is 4.79 Å². The van der Waals surface area contributed by atoms with E-state index in [1.165, 1.54) is 12.3 Å². The first-order chi connectivity index (χ1) is 12.2. The van der Waals surface area contributed by atoms with Gasteiger partial charge in [0.2, 0.25) is 6.10 Å². The number of aromatic hydroxyl groups is 1. The molecule has 3 rings (SSSR count). The van der Waals surface area contributed by atoms with Crippen LogP contribution in [0.4, 0.5) is 0 Å². The van der Waals surface area contributed by atoms with Gasteiger partial charge in [-0.25, -0.2) is 5.43 Å². The summed E-state index contributed by atoms with van der Waals surface area (Å²) in [4.78, 5) is 12.1. The number of hydrazone groups is 1. The van der Waals surface area contributed by atoms with Crippen LogP contribution in [0.2, 0.25) is 0 Å². The molecule has 25 heavy (non-hydrogen) atoms. The molecule has 2 aromatic rings. The molecule has 1 aliphatic rings. The fourth-order valence-electron chi connectivity index (χ4n) is 2.27. The lowest BCUT2D eigenvalue weighted by Crippen LogP contribution is -2.42. The molecule has 1 heterocycles. The summed E-state index contributed by atoms with van der Waals surface area (Å²) in [6.07, 6.45) is 0.683. The van der Waals surface area contributed by atoms with Crippen LogP contribution in [0.25, 0.3) is 0 Å². The molecular weight excluding hydrogens is 324 g/mol. The molecule has 0 aromatic heterocycles. The Labute approximate surface area is 144 Å². The van der Waals surface area contributed by atoms with Crippen molar-refractivity contribution >= 4 is 12.1 Å². The van der Waals surface area contributed by atoms with Gasteiger partial charge in [0.1, 0.15) is 6.61 Å². The number of carbonyl (C=O) groups is 1. The topological polar surface area (TPSA) is 89.4 Å². The summed E-state index contributed by atoms with van der Waals surface area (Å²) in [5.74, 6) is 1.14. The summed E-state index contributed by atoms with van der Waals surface area (Å²) >= 11 is 0. The second kappa shape index (κ2) is 7.57. The molecule has 0 saturated heterocycles. The zero-order chi connectivity index (χ0) is 17.6. The molecule has 0 spiro atoms. The maximum Gasteiger partial charge on any atom is 0.284 e. The Balaban J connectivity index is 1.59. The van der Waals surface area contributed by atoms with E-state index in [0.717, 1.165) is 0 Å². The van der Waals surface area contributed by atoms with Gasteiger partial charge in [0.05, 0.1) is 12.8 Å². The number of amides is 1. The first-order valence-electron chi connectivity index (χ1n) is 7.84. The summed E-state index contributed by atoms with van der Waals surface area (Å²) in [5.41, 5.74) is 3.09. The van der Waals surface area contributed by atoms with Crippen molar-refractivity contribution in [3.8, 4) is 23.0 Å². The number of para-hydroxylation sites is 2. The molecule has 0 unspecified atom stereocenters. The van der Waals surface area contributed by atoms with Crippen molar-refractivity contribution in [2.75, 3.05) is 13.2 Å². The van der Waals surface area contributed by atoms with Crippen LogP contribution in [-0.4, -0.2) is 36.5 Å². The summed E-state index contributed by atoms with van der Waals surface area (Å²) in [7, 11) is 0. The highest BCUT2D eigenvalue weighted by Crippen LogP contribution is 2.30. The van der Waals surface area contributed by atoms with Gasteiger partial charge in [-0.1, -0.05) is 12.1 Å². The summed E-state index contributed by atoms with van der Waals surface area (Å²) in [6, 6.07) is 12.0. The average molecular weight is 342 g/mol. The third kappa shape index (κ3) is 4.00. The second-order valence-corrected chi connectivity index (χ2v) is 5.26. The maximum atomic E-state index is 12.1. The molecular formula is C18H18N2O5. The summed E-state index contributed by atoms with van der Waals surface area (Å²) < 4.78 is 16.4. The Morgan fingerprint density at radius 1 is 1.36 bits per heavy atom. The van der Waals surface area contributed by atoms with Crippen LogP contribution < -0.4 is 19.6 Å². The van der Waals surface area contributed by atoms with Crippen LogP contribution in [0.15, 0.2) is 47.6 Å².